The minimum Gasteiger partial charge on any atom is -0.487 e. The molecule has 128 valence electrons. The Kier molecular flexibility index (Phi) is 4.70. The molecule has 3 rings (SSSR count). The minimum absolute atomic E-state index is 0.387. The van der Waals surface area contributed by atoms with E-state index in [1.807, 2.05) is 37.3 Å². The highest BCUT2D eigenvalue weighted by Crippen LogP contribution is 2.32. The molecule has 2 aromatic heterocycles. The summed E-state index contributed by atoms with van der Waals surface area (Å²) in [6.45, 7) is 2.23. The summed E-state index contributed by atoms with van der Waals surface area (Å²) in [7, 11) is 0. The molecule has 0 saturated carbocycles. The quantitative estimate of drug-likeness (QED) is 0.664. The number of aromatic nitrogens is 2. The van der Waals surface area contributed by atoms with Gasteiger partial charge in [-0.15, -0.1) is 0 Å². The van der Waals surface area contributed by atoms with Gasteiger partial charge in [-0.1, -0.05) is 36.4 Å². The van der Waals surface area contributed by atoms with Crippen LogP contribution in [-0.4, -0.2) is 9.97 Å². The number of benzene rings is 1. The van der Waals surface area contributed by atoms with Crippen LogP contribution in [0.3, 0.4) is 0 Å². The van der Waals surface area contributed by atoms with Crippen molar-refractivity contribution in [3.05, 3.63) is 77.9 Å². The Bertz CT molecular complexity index is 847. The van der Waals surface area contributed by atoms with Crippen molar-refractivity contribution in [1.82, 2.24) is 9.97 Å². The van der Waals surface area contributed by atoms with Crippen molar-refractivity contribution in [2.75, 3.05) is 0 Å². The van der Waals surface area contributed by atoms with E-state index in [1.54, 1.807) is 12.4 Å². The van der Waals surface area contributed by atoms with E-state index < -0.39 is 11.9 Å². The summed E-state index contributed by atoms with van der Waals surface area (Å²) in [6, 6.07) is 12.0. The number of halogens is 3. The predicted octanol–water partition coefficient (Wildman–Crippen LogP) is 5.05. The van der Waals surface area contributed by atoms with E-state index in [2.05, 4.69) is 9.97 Å². The lowest BCUT2D eigenvalue weighted by molar-refractivity contribution is -0.141. The second-order valence-electron chi connectivity index (χ2n) is 5.51. The number of nitrogens with zero attached hydrogens (tertiary/aromatic N) is 2. The summed E-state index contributed by atoms with van der Waals surface area (Å²) < 4.78 is 43.7. The highest BCUT2D eigenvalue weighted by Gasteiger charge is 2.32. The van der Waals surface area contributed by atoms with Gasteiger partial charge in [0.1, 0.15) is 18.1 Å². The molecule has 2 heterocycles. The fourth-order valence-corrected chi connectivity index (χ4v) is 2.40. The van der Waals surface area contributed by atoms with Gasteiger partial charge < -0.3 is 4.74 Å². The molecule has 3 nitrogen and oxygen atoms in total. The van der Waals surface area contributed by atoms with E-state index in [0.717, 1.165) is 17.2 Å². The van der Waals surface area contributed by atoms with Crippen LogP contribution >= 0.6 is 0 Å². The van der Waals surface area contributed by atoms with E-state index >= 15 is 0 Å². The molecule has 0 N–H and O–H groups in total. The molecule has 3 aromatic rings. The Hall–Kier alpha value is -2.89. The molecule has 6 heteroatoms. The summed E-state index contributed by atoms with van der Waals surface area (Å²) in [5.41, 5.74) is 2.14. The largest absolute Gasteiger partial charge is 0.487 e. The number of pyridine rings is 2. The monoisotopic (exact) mass is 344 g/mol. The van der Waals surface area contributed by atoms with Crippen molar-refractivity contribution in [1.29, 1.82) is 0 Å². The van der Waals surface area contributed by atoms with Crippen LogP contribution in [0.1, 0.15) is 16.8 Å². The van der Waals surface area contributed by atoms with Crippen LogP contribution in [0.4, 0.5) is 13.2 Å². The lowest BCUT2D eigenvalue weighted by atomic mass is 10.0. The second kappa shape index (κ2) is 6.93. The first-order valence-corrected chi connectivity index (χ1v) is 7.60. The Labute approximate surface area is 143 Å². The Morgan fingerprint density at radius 1 is 0.960 bits per heavy atom. The average molecular weight is 344 g/mol. The number of ether oxygens (including phenoxy) is 1. The summed E-state index contributed by atoms with van der Waals surface area (Å²) >= 11 is 0. The van der Waals surface area contributed by atoms with Crippen LogP contribution < -0.4 is 4.74 Å². The van der Waals surface area contributed by atoms with Crippen LogP contribution in [0, 0.1) is 6.92 Å². The van der Waals surface area contributed by atoms with Gasteiger partial charge in [-0.05, 0) is 18.6 Å². The van der Waals surface area contributed by atoms with Gasteiger partial charge in [0.05, 0.1) is 6.20 Å². The molecule has 25 heavy (non-hydrogen) atoms. The Balaban J connectivity index is 1.83. The second-order valence-corrected chi connectivity index (χ2v) is 5.51. The molecule has 0 bridgehead atoms. The average Bonchev–Trinajstić information content (AvgIpc) is 2.61. The number of rotatable bonds is 4. The van der Waals surface area contributed by atoms with Gasteiger partial charge in [0.15, 0.2) is 0 Å². The number of hydrogen-bond donors (Lipinski definition) is 0. The van der Waals surface area contributed by atoms with Gasteiger partial charge in [0.25, 0.3) is 0 Å². The highest BCUT2D eigenvalue weighted by atomic mass is 19.4. The van der Waals surface area contributed by atoms with E-state index in [9.17, 15) is 13.2 Å². The summed E-state index contributed by atoms with van der Waals surface area (Å²) in [5, 5.41) is 0. The Morgan fingerprint density at radius 3 is 2.36 bits per heavy atom. The van der Waals surface area contributed by atoms with Crippen LogP contribution in [0.25, 0.3) is 11.1 Å². The van der Waals surface area contributed by atoms with Crippen molar-refractivity contribution in [3.8, 4) is 16.9 Å². The van der Waals surface area contributed by atoms with E-state index in [1.165, 1.54) is 12.3 Å². The molecule has 0 atom stereocenters. The molecule has 1 aromatic carbocycles. The van der Waals surface area contributed by atoms with Gasteiger partial charge in [0.2, 0.25) is 0 Å². The maximum Gasteiger partial charge on any atom is 0.433 e. The molecule has 0 radical (unpaired) electrons. The van der Waals surface area contributed by atoms with Crippen LogP contribution in [-0.2, 0) is 12.8 Å². The van der Waals surface area contributed by atoms with Crippen LogP contribution in [0.2, 0.25) is 0 Å². The molecule has 0 amide bonds. The molecule has 0 spiro atoms. The smallest absolute Gasteiger partial charge is 0.433 e. The maximum absolute atomic E-state index is 12.6. The van der Waals surface area contributed by atoms with Crippen LogP contribution in [0.15, 0.2) is 61.1 Å². The van der Waals surface area contributed by atoms with Crippen molar-refractivity contribution in [2.24, 2.45) is 0 Å². The van der Waals surface area contributed by atoms with Crippen LogP contribution in [0.5, 0.6) is 5.75 Å². The lowest BCUT2D eigenvalue weighted by Crippen LogP contribution is -2.07. The molecule has 0 saturated heterocycles. The standard InChI is InChI=1S/C19H15F3N2O/c1-13-16(15-7-8-18(24-9-15)19(20,21)22)10-23-11-17(13)25-12-14-5-3-2-4-6-14/h2-11H,12H2,1H3. The van der Waals surface area contributed by atoms with Crippen molar-refractivity contribution >= 4 is 0 Å². The van der Waals surface area contributed by atoms with Crippen molar-refractivity contribution in [3.63, 3.8) is 0 Å². The SMILES string of the molecule is Cc1c(OCc2ccccc2)cncc1-c1ccc(C(F)(F)F)nc1. The minimum atomic E-state index is -4.45. The zero-order valence-electron chi connectivity index (χ0n) is 13.4. The molecule has 0 fully saturated rings. The normalized spacial score (nSPS) is 11.4. The number of alkyl halides is 3. The first-order chi connectivity index (χ1) is 11.9. The first-order valence-electron chi connectivity index (χ1n) is 7.60. The molecular formula is C19H15F3N2O. The van der Waals surface area contributed by atoms with Crippen molar-refractivity contribution in [2.45, 2.75) is 19.7 Å². The zero-order chi connectivity index (χ0) is 17.9. The number of hydrogen-bond acceptors (Lipinski definition) is 3. The van der Waals surface area contributed by atoms with Gasteiger partial charge in [-0.25, -0.2) is 0 Å². The van der Waals surface area contributed by atoms with Crippen molar-refractivity contribution < 1.29 is 17.9 Å². The summed E-state index contributed by atoms with van der Waals surface area (Å²) in [6.07, 6.45) is -0.0610. The van der Waals surface area contributed by atoms with Gasteiger partial charge in [-0.3, -0.25) is 9.97 Å². The van der Waals surface area contributed by atoms with Gasteiger partial charge >= 0.3 is 6.18 Å². The molecule has 0 unspecified atom stereocenters. The Morgan fingerprint density at radius 2 is 1.72 bits per heavy atom. The third kappa shape index (κ3) is 3.96. The molecule has 0 aliphatic rings. The fraction of sp³-hybridized carbons (Fsp3) is 0.158. The third-order valence-corrected chi connectivity index (χ3v) is 3.77. The summed E-state index contributed by atoms with van der Waals surface area (Å²) in [5.74, 6) is 0.584. The van der Waals surface area contributed by atoms with E-state index in [0.29, 0.717) is 23.5 Å². The first kappa shape index (κ1) is 17.0. The summed E-state index contributed by atoms with van der Waals surface area (Å²) in [4.78, 5) is 7.63. The third-order valence-electron chi connectivity index (χ3n) is 3.77. The van der Waals surface area contributed by atoms with E-state index in [4.69, 9.17) is 4.74 Å². The molecule has 0 aliphatic carbocycles. The van der Waals surface area contributed by atoms with E-state index in [-0.39, 0.29) is 0 Å². The lowest BCUT2D eigenvalue weighted by Gasteiger charge is -2.13. The van der Waals surface area contributed by atoms with Gasteiger partial charge in [0, 0.05) is 29.1 Å². The highest BCUT2D eigenvalue weighted by molar-refractivity contribution is 5.67. The predicted molar refractivity (Wildman–Crippen MR) is 88.0 cm³/mol. The molecule has 0 aliphatic heterocycles. The molecular weight excluding hydrogens is 329 g/mol. The topological polar surface area (TPSA) is 35.0 Å². The zero-order valence-corrected chi connectivity index (χ0v) is 13.4. The fourth-order valence-electron chi connectivity index (χ4n) is 2.40. The maximum atomic E-state index is 12.6. The van der Waals surface area contributed by atoms with Gasteiger partial charge in [-0.2, -0.15) is 13.2 Å².